The molecule has 0 atom stereocenters. The number of hydrogen-bond donors (Lipinski definition) is 1. The lowest BCUT2D eigenvalue weighted by molar-refractivity contribution is 0.102. The zero-order valence-corrected chi connectivity index (χ0v) is 11.0. The van der Waals surface area contributed by atoms with Crippen LogP contribution in [0, 0.1) is 11.3 Å². The largest absolute Gasteiger partial charge is 0.322 e. The Hall–Kier alpha value is -2.78. The summed E-state index contributed by atoms with van der Waals surface area (Å²) < 4.78 is 1.07. The van der Waals surface area contributed by atoms with Crippen LogP contribution in [-0.2, 0) is 0 Å². The first kappa shape index (κ1) is 12.3. The second-order valence-electron chi connectivity index (χ2n) is 4.03. The SMILES string of the molecule is N#Cc1ccc(C(=O)Nc2ccc3scnc3c2)cn1. The highest BCUT2D eigenvalue weighted by molar-refractivity contribution is 7.16. The van der Waals surface area contributed by atoms with E-state index >= 15 is 0 Å². The molecule has 2 heterocycles. The molecule has 0 aliphatic heterocycles. The number of nitrogens with zero attached hydrogens (tertiary/aromatic N) is 3. The minimum absolute atomic E-state index is 0.267. The van der Waals surface area contributed by atoms with Crippen LogP contribution in [0.2, 0.25) is 0 Å². The summed E-state index contributed by atoms with van der Waals surface area (Å²) in [5, 5.41) is 11.4. The molecule has 3 aromatic rings. The van der Waals surface area contributed by atoms with Crippen LogP contribution in [0.1, 0.15) is 16.1 Å². The summed E-state index contributed by atoms with van der Waals surface area (Å²) in [6, 6.07) is 10.6. The quantitative estimate of drug-likeness (QED) is 0.782. The molecule has 0 spiro atoms. The van der Waals surface area contributed by atoms with Gasteiger partial charge in [0.05, 0.1) is 21.3 Å². The summed E-state index contributed by atoms with van der Waals surface area (Å²) in [5.41, 5.74) is 3.98. The summed E-state index contributed by atoms with van der Waals surface area (Å²) in [6.07, 6.45) is 1.38. The van der Waals surface area contributed by atoms with E-state index in [2.05, 4.69) is 15.3 Å². The van der Waals surface area contributed by atoms with Gasteiger partial charge in [-0.05, 0) is 30.3 Å². The van der Waals surface area contributed by atoms with Gasteiger partial charge in [-0.25, -0.2) is 9.97 Å². The molecule has 0 aliphatic carbocycles. The number of thiazole rings is 1. The topological polar surface area (TPSA) is 78.7 Å². The van der Waals surface area contributed by atoms with Gasteiger partial charge in [-0.3, -0.25) is 4.79 Å². The van der Waals surface area contributed by atoms with E-state index in [-0.39, 0.29) is 11.6 Å². The van der Waals surface area contributed by atoms with Gasteiger partial charge < -0.3 is 5.32 Å². The minimum atomic E-state index is -0.267. The first-order chi connectivity index (χ1) is 9.76. The van der Waals surface area contributed by atoms with Crippen molar-refractivity contribution in [1.29, 1.82) is 5.26 Å². The van der Waals surface area contributed by atoms with E-state index in [1.54, 1.807) is 22.9 Å². The number of carbonyl (C=O) groups excluding carboxylic acids is 1. The standard InChI is InChI=1S/C14H8N4OS/c15-6-11-2-1-9(7-16-11)14(19)18-10-3-4-13-12(5-10)17-8-20-13/h1-5,7-8H,(H,18,19). The third kappa shape index (κ3) is 2.35. The number of hydrogen-bond acceptors (Lipinski definition) is 5. The van der Waals surface area contributed by atoms with Crippen LogP contribution in [0.3, 0.4) is 0 Å². The van der Waals surface area contributed by atoms with Gasteiger partial charge >= 0.3 is 0 Å². The molecule has 0 aliphatic rings. The van der Waals surface area contributed by atoms with Crippen LogP contribution < -0.4 is 5.32 Å². The van der Waals surface area contributed by atoms with Crippen LogP contribution in [0.4, 0.5) is 5.69 Å². The van der Waals surface area contributed by atoms with Gasteiger partial charge in [-0.2, -0.15) is 5.26 Å². The average Bonchev–Trinajstić information content (AvgIpc) is 2.95. The highest BCUT2D eigenvalue weighted by Crippen LogP contribution is 2.21. The number of nitrogens with one attached hydrogen (secondary N) is 1. The van der Waals surface area contributed by atoms with Gasteiger partial charge in [0.15, 0.2) is 0 Å². The maximum atomic E-state index is 12.0. The minimum Gasteiger partial charge on any atom is -0.322 e. The van der Waals surface area contributed by atoms with Gasteiger partial charge in [0.25, 0.3) is 5.91 Å². The first-order valence-electron chi connectivity index (χ1n) is 5.77. The Morgan fingerprint density at radius 3 is 2.90 bits per heavy atom. The van der Waals surface area contributed by atoms with Gasteiger partial charge in [0.1, 0.15) is 11.8 Å². The van der Waals surface area contributed by atoms with Crippen molar-refractivity contribution >= 4 is 33.1 Å². The smallest absolute Gasteiger partial charge is 0.257 e. The van der Waals surface area contributed by atoms with E-state index < -0.39 is 0 Å². The van der Waals surface area contributed by atoms with E-state index in [9.17, 15) is 4.79 Å². The number of carbonyl (C=O) groups is 1. The van der Waals surface area contributed by atoms with Crippen molar-refractivity contribution in [3.63, 3.8) is 0 Å². The Balaban J connectivity index is 1.82. The number of benzene rings is 1. The molecule has 0 radical (unpaired) electrons. The molecule has 96 valence electrons. The molecule has 6 heteroatoms. The van der Waals surface area contributed by atoms with Crippen LogP contribution >= 0.6 is 11.3 Å². The van der Waals surface area contributed by atoms with Crippen LogP contribution in [-0.4, -0.2) is 15.9 Å². The maximum absolute atomic E-state index is 12.0. The highest BCUT2D eigenvalue weighted by atomic mass is 32.1. The van der Waals surface area contributed by atoms with Crippen LogP contribution in [0.15, 0.2) is 42.0 Å². The van der Waals surface area contributed by atoms with Crippen molar-refractivity contribution < 1.29 is 4.79 Å². The molecule has 1 amide bonds. The van der Waals surface area contributed by atoms with Crippen molar-refractivity contribution in [2.75, 3.05) is 5.32 Å². The summed E-state index contributed by atoms with van der Waals surface area (Å²) in [5.74, 6) is -0.267. The third-order valence-electron chi connectivity index (χ3n) is 2.73. The van der Waals surface area contributed by atoms with Gasteiger partial charge in [-0.1, -0.05) is 0 Å². The zero-order valence-electron chi connectivity index (χ0n) is 10.2. The summed E-state index contributed by atoms with van der Waals surface area (Å²) in [4.78, 5) is 20.1. The molecule has 0 fully saturated rings. The fraction of sp³-hybridized carbons (Fsp3) is 0. The number of nitriles is 1. The molecule has 3 rings (SSSR count). The molecule has 5 nitrogen and oxygen atoms in total. The lowest BCUT2D eigenvalue weighted by atomic mass is 10.2. The fourth-order valence-electron chi connectivity index (χ4n) is 1.73. The Bertz CT molecular complexity index is 817. The Morgan fingerprint density at radius 2 is 2.15 bits per heavy atom. The second-order valence-corrected chi connectivity index (χ2v) is 4.92. The summed E-state index contributed by atoms with van der Waals surface area (Å²) in [6.45, 7) is 0. The molecule has 20 heavy (non-hydrogen) atoms. The van der Waals surface area contributed by atoms with Gasteiger partial charge in [-0.15, -0.1) is 11.3 Å². The van der Waals surface area contributed by atoms with Crippen molar-refractivity contribution in [1.82, 2.24) is 9.97 Å². The Kier molecular flexibility index (Phi) is 3.11. The molecular formula is C14H8N4OS. The van der Waals surface area contributed by atoms with Crippen molar-refractivity contribution in [3.05, 3.63) is 53.3 Å². The first-order valence-corrected chi connectivity index (χ1v) is 6.65. The van der Waals surface area contributed by atoms with Crippen molar-refractivity contribution in [2.24, 2.45) is 0 Å². The van der Waals surface area contributed by atoms with Crippen LogP contribution in [0.5, 0.6) is 0 Å². The molecule has 0 bridgehead atoms. The molecule has 1 N–H and O–H groups in total. The van der Waals surface area contributed by atoms with E-state index in [0.717, 1.165) is 10.2 Å². The molecule has 1 aromatic carbocycles. The maximum Gasteiger partial charge on any atom is 0.257 e. The number of anilines is 1. The predicted molar refractivity (Wildman–Crippen MR) is 76.5 cm³/mol. The number of aromatic nitrogens is 2. The van der Waals surface area contributed by atoms with Crippen molar-refractivity contribution in [2.45, 2.75) is 0 Å². The Labute approximate surface area is 118 Å². The van der Waals surface area contributed by atoms with E-state index in [0.29, 0.717) is 11.3 Å². The summed E-state index contributed by atoms with van der Waals surface area (Å²) >= 11 is 1.55. The number of pyridine rings is 1. The Morgan fingerprint density at radius 1 is 1.25 bits per heavy atom. The number of amides is 1. The van der Waals surface area contributed by atoms with E-state index in [1.807, 2.05) is 24.3 Å². The fourth-order valence-corrected chi connectivity index (χ4v) is 2.39. The van der Waals surface area contributed by atoms with Crippen molar-refractivity contribution in [3.8, 4) is 6.07 Å². The third-order valence-corrected chi connectivity index (χ3v) is 3.54. The second kappa shape index (κ2) is 5.07. The monoisotopic (exact) mass is 280 g/mol. The zero-order chi connectivity index (χ0) is 13.9. The predicted octanol–water partition coefficient (Wildman–Crippen LogP) is 2.82. The van der Waals surface area contributed by atoms with Gasteiger partial charge in [0.2, 0.25) is 0 Å². The van der Waals surface area contributed by atoms with E-state index in [1.165, 1.54) is 12.3 Å². The van der Waals surface area contributed by atoms with Crippen LogP contribution in [0.25, 0.3) is 10.2 Å². The molecule has 0 unspecified atom stereocenters. The molecule has 2 aromatic heterocycles. The van der Waals surface area contributed by atoms with E-state index in [4.69, 9.17) is 5.26 Å². The summed E-state index contributed by atoms with van der Waals surface area (Å²) in [7, 11) is 0. The highest BCUT2D eigenvalue weighted by Gasteiger charge is 2.07. The lowest BCUT2D eigenvalue weighted by Gasteiger charge is -2.04. The molecular weight excluding hydrogens is 272 g/mol. The average molecular weight is 280 g/mol. The molecule has 0 saturated carbocycles. The lowest BCUT2D eigenvalue weighted by Crippen LogP contribution is -2.12. The number of rotatable bonds is 2. The normalized spacial score (nSPS) is 10.2. The van der Waals surface area contributed by atoms with Gasteiger partial charge in [0, 0.05) is 11.9 Å². The molecule has 0 saturated heterocycles. The number of fused-ring (bicyclic) bond motifs is 1.